The minimum atomic E-state index is -5.92. The quantitative estimate of drug-likeness (QED) is 0.199. The van der Waals surface area contributed by atoms with Gasteiger partial charge < -0.3 is 20.5 Å². The molecule has 0 aliphatic heterocycles. The fourth-order valence-electron chi connectivity index (χ4n) is 3.55. The highest BCUT2D eigenvalue weighted by Gasteiger charge is 2.71. The average molecular weight is 529 g/mol. The third kappa shape index (κ3) is 8.54. The van der Waals surface area contributed by atoms with Gasteiger partial charge in [0.2, 0.25) is 5.91 Å². The van der Waals surface area contributed by atoms with Gasteiger partial charge in [-0.25, -0.2) is 0 Å². The molecule has 0 spiro atoms. The molecule has 0 saturated heterocycles. The van der Waals surface area contributed by atoms with Gasteiger partial charge in [0.1, 0.15) is 5.75 Å². The molecule has 5 nitrogen and oxygen atoms in total. The number of rotatable bonds is 15. The zero-order valence-corrected chi connectivity index (χ0v) is 21.3. The molecule has 0 saturated carbocycles. The number of hydrogen-bond donors (Lipinski definition) is 3. The van der Waals surface area contributed by atoms with E-state index in [2.05, 4.69) is 10.6 Å². The fourth-order valence-corrected chi connectivity index (χ4v) is 3.55. The van der Waals surface area contributed by atoms with E-state index >= 15 is 0 Å². The number of nitrogens with one attached hydrogen (secondary N) is 2. The van der Waals surface area contributed by atoms with Crippen LogP contribution in [0.25, 0.3) is 0 Å². The second kappa shape index (κ2) is 13.5. The normalized spacial score (nSPS) is 13.1. The van der Waals surface area contributed by atoms with Crippen LogP contribution in [0.15, 0.2) is 18.2 Å². The molecule has 0 aliphatic carbocycles. The van der Waals surface area contributed by atoms with E-state index in [-0.39, 0.29) is 30.2 Å². The molecular weight excluding hydrogens is 490 g/mol. The van der Waals surface area contributed by atoms with Crippen LogP contribution in [-0.4, -0.2) is 49.1 Å². The fraction of sp³-hybridized carbons (Fsp3) is 0.720. The van der Waals surface area contributed by atoms with Crippen LogP contribution in [0.5, 0.6) is 5.75 Å². The Hall–Kier alpha value is -2.01. The van der Waals surface area contributed by atoms with Crippen molar-refractivity contribution in [3.8, 4) is 5.75 Å². The number of carbonyl (C=O) groups excluding carboxylic acids is 1. The zero-order valence-electron chi connectivity index (χ0n) is 21.3. The summed E-state index contributed by atoms with van der Waals surface area (Å²) < 4.78 is 84.8. The van der Waals surface area contributed by atoms with Crippen LogP contribution in [0.1, 0.15) is 76.8 Å². The standard InChI is InChI=1S/C25H38F6N2O3/c1-5-12-18-17-19(23(35,24(26,27)28)25(29,30)31)13-14-20(18)36-16-11-9-7-6-8-10-15-33-21(34)22(2,3)32-4/h13-14,17,32,35H,5-12,15-16H2,1-4H3,(H,33,34). The van der Waals surface area contributed by atoms with E-state index in [0.717, 1.165) is 44.2 Å². The summed E-state index contributed by atoms with van der Waals surface area (Å²) in [4.78, 5) is 11.9. The van der Waals surface area contributed by atoms with Crippen LogP contribution in [0.4, 0.5) is 26.3 Å². The first kappa shape index (κ1) is 32.0. The number of likely N-dealkylation sites (N-methyl/N-ethyl adjacent to an activating group) is 1. The maximum absolute atomic E-state index is 13.2. The number of aryl methyl sites for hydroxylation is 1. The summed E-state index contributed by atoms with van der Waals surface area (Å²) in [7, 11) is 1.73. The predicted molar refractivity (Wildman–Crippen MR) is 126 cm³/mol. The van der Waals surface area contributed by atoms with E-state index in [0.29, 0.717) is 25.5 Å². The minimum absolute atomic E-state index is 0.0564. The molecule has 1 aromatic carbocycles. The molecule has 0 unspecified atom stereocenters. The Balaban J connectivity index is 2.53. The highest BCUT2D eigenvalue weighted by atomic mass is 19.4. The molecule has 0 heterocycles. The van der Waals surface area contributed by atoms with Gasteiger partial charge in [0.15, 0.2) is 0 Å². The number of alkyl halides is 6. The van der Waals surface area contributed by atoms with Crippen molar-refractivity contribution in [3.05, 3.63) is 29.3 Å². The second-order valence-corrected chi connectivity index (χ2v) is 9.38. The van der Waals surface area contributed by atoms with Crippen LogP contribution in [0.3, 0.4) is 0 Å². The third-order valence-corrected chi connectivity index (χ3v) is 6.12. The summed E-state index contributed by atoms with van der Waals surface area (Å²) in [6, 6.07) is 2.41. The number of ether oxygens (including phenoxy) is 1. The number of hydrogen-bond acceptors (Lipinski definition) is 4. The molecule has 0 fully saturated rings. The van der Waals surface area contributed by atoms with Gasteiger partial charge in [-0.05, 0) is 57.9 Å². The van der Waals surface area contributed by atoms with Gasteiger partial charge in [-0.2, -0.15) is 26.3 Å². The first-order chi connectivity index (χ1) is 16.6. The number of carbonyl (C=O) groups is 1. The number of unbranched alkanes of at least 4 members (excludes halogenated alkanes) is 5. The molecule has 11 heteroatoms. The molecule has 0 radical (unpaired) electrons. The first-order valence-corrected chi connectivity index (χ1v) is 12.2. The maximum Gasteiger partial charge on any atom is 0.430 e. The summed E-state index contributed by atoms with van der Waals surface area (Å²) in [6.45, 7) is 6.21. The van der Waals surface area contributed by atoms with Crippen molar-refractivity contribution < 1.29 is 41.0 Å². The Morgan fingerprint density at radius 1 is 0.944 bits per heavy atom. The van der Waals surface area contributed by atoms with Crippen molar-refractivity contribution in [2.24, 2.45) is 0 Å². The summed E-state index contributed by atoms with van der Waals surface area (Å²) in [5, 5.41) is 15.5. The number of halogens is 6. The van der Waals surface area contributed by atoms with Crippen molar-refractivity contribution in [2.45, 2.75) is 95.6 Å². The van der Waals surface area contributed by atoms with Crippen molar-refractivity contribution >= 4 is 5.91 Å². The topological polar surface area (TPSA) is 70.6 Å². The molecule has 0 aromatic heterocycles. The van der Waals surface area contributed by atoms with E-state index in [4.69, 9.17) is 4.74 Å². The van der Waals surface area contributed by atoms with Crippen LogP contribution >= 0.6 is 0 Å². The molecule has 0 bridgehead atoms. The predicted octanol–water partition coefficient (Wildman–Crippen LogP) is 5.78. The highest BCUT2D eigenvalue weighted by Crippen LogP contribution is 2.50. The van der Waals surface area contributed by atoms with Gasteiger partial charge in [0.25, 0.3) is 5.60 Å². The van der Waals surface area contributed by atoms with Crippen LogP contribution in [-0.2, 0) is 16.8 Å². The van der Waals surface area contributed by atoms with E-state index in [9.17, 15) is 36.2 Å². The maximum atomic E-state index is 13.2. The Labute approximate surface area is 209 Å². The monoisotopic (exact) mass is 528 g/mol. The van der Waals surface area contributed by atoms with Gasteiger partial charge in [-0.3, -0.25) is 4.79 Å². The minimum Gasteiger partial charge on any atom is -0.493 e. The lowest BCUT2D eigenvalue weighted by Gasteiger charge is -2.33. The Morgan fingerprint density at radius 3 is 2.03 bits per heavy atom. The summed E-state index contributed by atoms with van der Waals surface area (Å²) >= 11 is 0. The van der Waals surface area contributed by atoms with Crippen molar-refractivity contribution in [1.82, 2.24) is 10.6 Å². The van der Waals surface area contributed by atoms with Gasteiger partial charge in [-0.15, -0.1) is 0 Å². The van der Waals surface area contributed by atoms with Crippen LogP contribution in [0, 0.1) is 0 Å². The van der Waals surface area contributed by atoms with Crippen molar-refractivity contribution in [1.29, 1.82) is 0 Å². The van der Waals surface area contributed by atoms with Gasteiger partial charge in [0.05, 0.1) is 12.1 Å². The molecule has 36 heavy (non-hydrogen) atoms. The largest absolute Gasteiger partial charge is 0.493 e. The van der Waals surface area contributed by atoms with Crippen LogP contribution in [0.2, 0.25) is 0 Å². The lowest BCUT2D eigenvalue weighted by Crippen LogP contribution is -2.53. The summed E-state index contributed by atoms with van der Waals surface area (Å²) in [5.41, 5.74) is -6.66. The van der Waals surface area contributed by atoms with Crippen molar-refractivity contribution in [2.75, 3.05) is 20.2 Å². The van der Waals surface area contributed by atoms with Gasteiger partial charge >= 0.3 is 12.4 Å². The first-order valence-electron chi connectivity index (χ1n) is 12.2. The lowest BCUT2D eigenvalue weighted by atomic mass is 9.90. The molecular formula is C25H38F6N2O3. The summed E-state index contributed by atoms with van der Waals surface area (Å²) in [6.07, 6.45) is -5.93. The molecule has 3 N–H and O–H groups in total. The second-order valence-electron chi connectivity index (χ2n) is 9.38. The number of benzene rings is 1. The summed E-state index contributed by atoms with van der Waals surface area (Å²) in [5.74, 6) is 0.159. The van der Waals surface area contributed by atoms with E-state index < -0.39 is 29.1 Å². The Bertz CT molecular complexity index is 811. The SMILES string of the molecule is CCCc1cc(C(O)(C(F)(F)F)C(F)(F)F)ccc1OCCCCCCCCNC(=O)C(C)(C)NC. The van der Waals surface area contributed by atoms with Gasteiger partial charge in [0, 0.05) is 12.1 Å². The van der Waals surface area contributed by atoms with Crippen LogP contribution < -0.4 is 15.4 Å². The molecule has 0 aliphatic rings. The Kier molecular flexibility index (Phi) is 12.0. The lowest BCUT2D eigenvalue weighted by molar-refractivity contribution is -0.376. The third-order valence-electron chi connectivity index (χ3n) is 6.12. The molecule has 1 aromatic rings. The van der Waals surface area contributed by atoms with E-state index in [1.54, 1.807) is 27.8 Å². The smallest absolute Gasteiger partial charge is 0.430 e. The molecule has 1 rings (SSSR count). The number of aliphatic hydroxyl groups is 1. The Morgan fingerprint density at radius 2 is 1.50 bits per heavy atom. The van der Waals surface area contributed by atoms with Crippen molar-refractivity contribution in [3.63, 3.8) is 0 Å². The van der Waals surface area contributed by atoms with E-state index in [1.165, 1.54) is 0 Å². The van der Waals surface area contributed by atoms with E-state index in [1.807, 2.05) is 0 Å². The van der Waals surface area contributed by atoms with Gasteiger partial charge in [-0.1, -0.05) is 45.1 Å². The number of amides is 1. The molecule has 208 valence electrons. The highest BCUT2D eigenvalue weighted by molar-refractivity contribution is 5.85. The average Bonchev–Trinajstić information content (AvgIpc) is 2.78. The molecule has 1 amide bonds. The zero-order chi connectivity index (χ0) is 27.6. The molecule has 0 atom stereocenters.